The molecule has 0 radical (unpaired) electrons. The molecule has 0 aliphatic heterocycles. The van der Waals surface area contributed by atoms with Gasteiger partial charge in [0.05, 0.1) is 13.2 Å². The van der Waals surface area contributed by atoms with E-state index in [1.165, 1.54) is 0 Å². The molecule has 0 aliphatic rings. The number of rotatable bonds is 10. The van der Waals surface area contributed by atoms with E-state index in [1.807, 2.05) is 20.8 Å². The molecular formula is C10H22O4Si. The summed E-state index contributed by atoms with van der Waals surface area (Å²) in [7, 11) is -2.64. The lowest BCUT2D eigenvalue weighted by Gasteiger charge is -2.25. The summed E-state index contributed by atoms with van der Waals surface area (Å²) < 4.78 is 21.8. The minimum atomic E-state index is -2.64. The lowest BCUT2D eigenvalue weighted by atomic mass is 10.8. The molecule has 0 amide bonds. The zero-order valence-corrected chi connectivity index (χ0v) is 11.0. The highest BCUT2D eigenvalue weighted by molar-refractivity contribution is 6.66. The summed E-state index contributed by atoms with van der Waals surface area (Å²) in [5.41, 5.74) is 1.66. The van der Waals surface area contributed by atoms with Gasteiger partial charge in [0.15, 0.2) is 0 Å². The molecule has 5 heteroatoms. The first-order valence-corrected chi connectivity index (χ1v) is 7.18. The van der Waals surface area contributed by atoms with Gasteiger partial charge in [0.2, 0.25) is 0 Å². The van der Waals surface area contributed by atoms with Gasteiger partial charge in [-0.1, -0.05) is 6.58 Å². The third-order valence-electron chi connectivity index (χ3n) is 1.68. The zero-order chi connectivity index (χ0) is 11.6. The van der Waals surface area contributed by atoms with E-state index in [0.29, 0.717) is 33.0 Å². The van der Waals surface area contributed by atoms with Gasteiger partial charge < -0.3 is 18.0 Å². The Labute approximate surface area is 93.5 Å². The van der Waals surface area contributed by atoms with Gasteiger partial charge in [-0.3, -0.25) is 0 Å². The average Bonchev–Trinajstić information content (AvgIpc) is 2.25. The van der Waals surface area contributed by atoms with Crippen molar-refractivity contribution in [3.05, 3.63) is 12.3 Å². The molecule has 0 rings (SSSR count). The molecule has 0 atom stereocenters. The average molecular weight is 234 g/mol. The monoisotopic (exact) mass is 234 g/mol. The fourth-order valence-electron chi connectivity index (χ4n) is 1.09. The molecule has 90 valence electrons. The van der Waals surface area contributed by atoms with Crippen molar-refractivity contribution in [1.82, 2.24) is 0 Å². The van der Waals surface area contributed by atoms with Crippen LogP contribution in [0.25, 0.3) is 0 Å². The van der Waals surface area contributed by atoms with Gasteiger partial charge >= 0.3 is 8.80 Å². The van der Waals surface area contributed by atoms with E-state index in [2.05, 4.69) is 6.58 Å². The maximum atomic E-state index is 5.61. The van der Waals surface area contributed by atoms with E-state index in [0.717, 1.165) is 0 Å². The Hall–Kier alpha value is -0.203. The van der Waals surface area contributed by atoms with Crippen LogP contribution in [0.3, 0.4) is 0 Å². The lowest BCUT2D eigenvalue weighted by molar-refractivity contribution is 0.0453. The fraction of sp³-hybridized carbons (Fsp3) is 0.800. The van der Waals surface area contributed by atoms with Crippen LogP contribution in [0.4, 0.5) is 0 Å². The molecule has 0 aromatic heterocycles. The van der Waals surface area contributed by atoms with Crippen molar-refractivity contribution < 1.29 is 18.0 Å². The Morgan fingerprint density at radius 2 is 1.53 bits per heavy atom. The van der Waals surface area contributed by atoms with Gasteiger partial charge in [0.1, 0.15) is 0 Å². The predicted molar refractivity (Wildman–Crippen MR) is 61.6 cm³/mol. The zero-order valence-electron chi connectivity index (χ0n) is 9.95. The van der Waals surface area contributed by atoms with Crippen LogP contribution < -0.4 is 0 Å². The summed E-state index contributed by atoms with van der Waals surface area (Å²) in [6.07, 6.45) is 0. The van der Waals surface area contributed by atoms with Crippen molar-refractivity contribution in [2.75, 3.05) is 33.0 Å². The Morgan fingerprint density at radius 1 is 0.933 bits per heavy atom. The van der Waals surface area contributed by atoms with Gasteiger partial charge in [0, 0.05) is 19.8 Å². The van der Waals surface area contributed by atoms with Gasteiger partial charge in [0.25, 0.3) is 0 Å². The summed E-state index contributed by atoms with van der Waals surface area (Å²) in [5, 5.41) is 0. The standard InChI is InChI=1S/C10H22O4Si/c1-5-11-9-10-14-15(8-4,12-6-2)13-7-3/h8H,4-7,9-10H2,1-3H3. The topological polar surface area (TPSA) is 36.9 Å². The molecule has 0 aromatic rings. The smallest absolute Gasteiger partial charge is 0.379 e. The fourth-order valence-corrected chi connectivity index (χ4v) is 2.87. The third kappa shape index (κ3) is 6.06. The molecule has 15 heavy (non-hydrogen) atoms. The maximum Gasteiger partial charge on any atom is 0.529 e. The van der Waals surface area contributed by atoms with Crippen LogP contribution in [0.15, 0.2) is 12.3 Å². The normalized spacial score (nSPS) is 11.7. The van der Waals surface area contributed by atoms with E-state index >= 15 is 0 Å². The van der Waals surface area contributed by atoms with Gasteiger partial charge in [-0.05, 0) is 26.5 Å². The van der Waals surface area contributed by atoms with E-state index in [1.54, 1.807) is 5.70 Å². The van der Waals surface area contributed by atoms with E-state index in [-0.39, 0.29) is 0 Å². The highest BCUT2D eigenvalue weighted by atomic mass is 28.4. The van der Waals surface area contributed by atoms with Gasteiger partial charge in [-0.25, -0.2) is 0 Å². The van der Waals surface area contributed by atoms with Crippen molar-refractivity contribution in [3.8, 4) is 0 Å². The molecule has 0 spiro atoms. The van der Waals surface area contributed by atoms with Crippen LogP contribution in [-0.4, -0.2) is 41.8 Å². The highest BCUT2D eigenvalue weighted by Gasteiger charge is 2.36. The van der Waals surface area contributed by atoms with E-state index in [4.69, 9.17) is 18.0 Å². The van der Waals surface area contributed by atoms with Gasteiger partial charge in [-0.15, -0.1) is 0 Å². The minimum Gasteiger partial charge on any atom is -0.379 e. The van der Waals surface area contributed by atoms with Crippen molar-refractivity contribution in [2.45, 2.75) is 20.8 Å². The van der Waals surface area contributed by atoms with Gasteiger partial charge in [-0.2, -0.15) is 0 Å². The molecule has 0 saturated heterocycles. The Morgan fingerprint density at radius 3 is 1.93 bits per heavy atom. The summed E-state index contributed by atoms with van der Waals surface area (Å²) in [4.78, 5) is 0. The second-order valence-corrected chi connectivity index (χ2v) is 5.20. The number of ether oxygens (including phenoxy) is 1. The first-order valence-electron chi connectivity index (χ1n) is 5.37. The lowest BCUT2D eigenvalue weighted by Crippen LogP contribution is -2.45. The van der Waals surface area contributed by atoms with E-state index < -0.39 is 8.80 Å². The Kier molecular flexibility index (Phi) is 8.93. The Bertz CT molecular complexity index is 158. The molecular weight excluding hydrogens is 212 g/mol. The quantitative estimate of drug-likeness (QED) is 0.426. The molecule has 0 heterocycles. The molecule has 0 N–H and O–H groups in total. The largest absolute Gasteiger partial charge is 0.529 e. The van der Waals surface area contributed by atoms with Crippen LogP contribution in [0.2, 0.25) is 0 Å². The van der Waals surface area contributed by atoms with Crippen LogP contribution >= 0.6 is 0 Å². The van der Waals surface area contributed by atoms with Crippen molar-refractivity contribution in [1.29, 1.82) is 0 Å². The molecule has 0 aromatic carbocycles. The molecule has 0 fully saturated rings. The number of hydrogen-bond donors (Lipinski definition) is 0. The van der Waals surface area contributed by atoms with Crippen LogP contribution in [0.5, 0.6) is 0 Å². The maximum absolute atomic E-state index is 5.61. The summed E-state index contributed by atoms with van der Waals surface area (Å²) >= 11 is 0. The van der Waals surface area contributed by atoms with Crippen molar-refractivity contribution >= 4 is 8.80 Å². The minimum absolute atomic E-state index is 0.478. The predicted octanol–water partition coefficient (Wildman–Crippen LogP) is 1.78. The third-order valence-corrected chi connectivity index (χ3v) is 4.16. The molecule has 0 bridgehead atoms. The summed E-state index contributed by atoms with van der Waals surface area (Å²) in [6, 6.07) is 0. The van der Waals surface area contributed by atoms with Crippen molar-refractivity contribution in [3.63, 3.8) is 0 Å². The molecule has 0 aliphatic carbocycles. The van der Waals surface area contributed by atoms with Crippen molar-refractivity contribution in [2.24, 2.45) is 0 Å². The summed E-state index contributed by atoms with van der Waals surface area (Å²) in [6.45, 7) is 12.3. The van der Waals surface area contributed by atoms with Crippen LogP contribution in [0, 0.1) is 0 Å². The summed E-state index contributed by atoms with van der Waals surface area (Å²) in [5.74, 6) is 0. The Balaban J connectivity index is 4.02. The number of hydrogen-bond acceptors (Lipinski definition) is 4. The second kappa shape index (κ2) is 9.05. The first-order chi connectivity index (χ1) is 7.24. The molecule has 4 nitrogen and oxygen atoms in total. The first kappa shape index (κ1) is 14.8. The second-order valence-electron chi connectivity index (χ2n) is 2.72. The van der Waals surface area contributed by atoms with Crippen LogP contribution in [-0.2, 0) is 18.0 Å². The SMILES string of the molecule is C=C[Si](OCC)(OCC)OCCOCC. The molecule has 0 saturated carbocycles. The van der Waals surface area contributed by atoms with E-state index in [9.17, 15) is 0 Å². The molecule has 0 unspecified atom stereocenters. The highest BCUT2D eigenvalue weighted by Crippen LogP contribution is 2.10. The van der Waals surface area contributed by atoms with Crippen LogP contribution in [0.1, 0.15) is 20.8 Å².